The van der Waals surface area contributed by atoms with Crippen LogP contribution in [0.1, 0.15) is 16.7 Å². The van der Waals surface area contributed by atoms with Crippen LogP contribution >= 0.6 is 0 Å². The lowest BCUT2D eigenvalue weighted by atomic mass is 10.1. The van der Waals surface area contributed by atoms with Crippen LogP contribution in [0.4, 0.5) is 10.1 Å². The molecule has 0 atom stereocenters. The Morgan fingerprint density at radius 3 is 2.38 bits per heavy atom. The van der Waals surface area contributed by atoms with Crippen LogP contribution in [-0.2, 0) is 13.1 Å². The minimum atomic E-state index is -0.494. The van der Waals surface area contributed by atoms with E-state index in [9.17, 15) is 4.39 Å². The zero-order valence-corrected chi connectivity index (χ0v) is 12.3. The smallest absolute Gasteiger partial charge is 0.143 e. The summed E-state index contributed by atoms with van der Waals surface area (Å²) >= 11 is 0. The summed E-state index contributed by atoms with van der Waals surface area (Å²) in [5.41, 5.74) is 2.97. The summed E-state index contributed by atoms with van der Waals surface area (Å²) in [5.74, 6) is -0.494. The Morgan fingerprint density at radius 1 is 1.10 bits per heavy atom. The second-order valence-corrected chi connectivity index (χ2v) is 5.33. The molecule has 3 nitrogen and oxygen atoms in total. The van der Waals surface area contributed by atoms with Gasteiger partial charge in [-0.25, -0.2) is 4.39 Å². The van der Waals surface area contributed by atoms with E-state index in [1.807, 2.05) is 6.07 Å². The minimum Gasteiger partial charge on any atom is -0.380 e. The molecule has 0 saturated carbocycles. The van der Waals surface area contributed by atoms with Gasteiger partial charge >= 0.3 is 0 Å². The number of halogens is 1. The average Bonchev–Trinajstić information content (AvgIpc) is 2.46. The number of nitrogens with zero attached hydrogens (tertiary/aromatic N) is 1. The number of hydrogen-bond donors (Lipinski definition) is 2. The van der Waals surface area contributed by atoms with Crippen molar-refractivity contribution >= 4 is 5.69 Å². The van der Waals surface area contributed by atoms with Gasteiger partial charge in [-0.1, -0.05) is 30.3 Å². The van der Waals surface area contributed by atoms with E-state index in [2.05, 4.69) is 43.7 Å². The Kier molecular flexibility index (Phi) is 4.91. The molecule has 2 aromatic carbocycles. The van der Waals surface area contributed by atoms with E-state index >= 15 is 0 Å². The number of hydrogen-bond acceptors (Lipinski definition) is 2. The van der Waals surface area contributed by atoms with Crippen molar-refractivity contribution in [2.24, 2.45) is 0 Å². The molecule has 0 spiro atoms. The van der Waals surface area contributed by atoms with Crippen LogP contribution in [0.15, 0.2) is 42.5 Å². The van der Waals surface area contributed by atoms with Gasteiger partial charge < -0.3 is 10.2 Å². The van der Waals surface area contributed by atoms with Crippen molar-refractivity contribution in [1.29, 1.82) is 5.26 Å². The summed E-state index contributed by atoms with van der Waals surface area (Å²) in [6, 6.07) is 14.8. The molecule has 0 bridgehead atoms. The Morgan fingerprint density at radius 2 is 1.76 bits per heavy atom. The van der Waals surface area contributed by atoms with Gasteiger partial charge in [0.05, 0.1) is 19.8 Å². The number of quaternary nitrogens is 1. The molecule has 0 aromatic heterocycles. The molecule has 0 aliphatic heterocycles. The molecule has 0 aliphatic rings. The Hall–Kier alpha value is -2.38. The zero-order valence-electron chi connectivity index (χ0n) is 12.3. The van der Waals surface area contributed by atoms with E-state index in [4.69, 9.17) is 5.26 Å². The number of benzene rings is 2. The maximum atomic E-state index is 13.5. The van der Waals surface area contributed by atoms with Gasteiger partial charge in [-0.05, 0) is 17.7 Å². The number of nitrogens with one attached hydrogen (secondary N) is 2. The first-order valence-corrected chi connectivity index (χ1v) is 6.89. The van der Waals surface area contributed by atoms with E-state index in [0.29, 0.717) is 12.2 Å². The molecule has 2 N–H and O–H groups in total. The molecule has 0 fully saturated rings. The highest BCUT2D eigenvalue weighted by atomic mass is 19.1. The molecule has 4 heteroatoms. The molecule has 2 aromatic rings. The van der Waals surface area contributed by atoms with Gasteiger partial charge in [0.15, 0.2) is 0 Å². The van der Waals surface area contributed by atoms with E-state index in [0.717, 1.165) is 12.1 Å². The zero-order chi connectivity index (χ0) is 15.2. The Labute approximate surface area is 124 Å². The topological polar surface area (TPSA) is 40.3 Å². The van der Waals surface area contributed by atoms with Crippen LogP contribution in [0.25, 0.3) is 0 Å². The Bertz CT molecular complexity index is 642. The van der Waals surface area contributed by atoms with Gasteiger partial charge in [0, 0.05) is 12.1 Å². The van der Waals surface area contributed by atoms with Gasteiger partial charge in [-0.2, -0.15) is 5.26 Å². The van der Waals surface area contributed by atoms with Crippen LogP contribution in [0.5, 0.6) is 0 Å². The second kappa shape index (κ2) is 6.87. The van der Waals surface area contributed by atoms with Crippen LogP contribution in [0.3, 0.4) is 0 Å². The van der Waals surface area contributed by atoms with E-state index in [1.165, 1.54) is 16.5 Å². The summed E-state index contributed by atoms with van der Waals surface area (Å²) in [7, 11) is 4.23. The third kappa shape index (κ3) is 4.04. The first-order chi connectivity index (χ1) is 10.1. The largest absolute Gasteiger partial charge is 0.380 e. The van der Waals surface area contributed by atoms with E-state index in [1.54, 1.807) is 12.1 Å². The lowest BCUT2D eigenvalue weighted by Gasteiger charge is -2.10. The molecule has 0 unspecified atom stereocenters. The van der Waals surface area contributed by atoms with Crippen LogP contribution in [0, 0.1) is 17.1 Å². The summed E-state index contributed by atoms with van der Waals surface area (Å²) in [6.45, 7) is 1.55. The lowest BCUT2D eigenvalue weighted by molar-refractivity contribution is -0.872. The molecule has 21 heavy (non-hydrogen) atoms. The first kappa shape index (κ1) is 15.0. The molecule has 0 saturated heterocycles. The fourth-order valence-electron chi connectivity index (χ4n) is 2.17. The van der Waals surface area contributed by atoms with Crippen molar-refractivity contribution < 1.29 is 9.29 Å². The lowest BCUT2D eigenvalue weighted by Crippen LogP contribution is -3.04. The minimum absolute atomic E-state index is 0.0605. The maximum Gasteiger partial charge on any atom is 0.143 e. The number of anilines is 1. The summed E-state index contributed by atoms with van der Waals surface area (Å²) in [5, 5.41) is 12.1. The highest BCUT2D eigenvalue weighted by Crippen LogP contribution is 2.18. The molecule has 0 radical (unpaired) electrons. The summed E-state index contributed by atoms with van der Waals surface area (Å²) in [4.78, 5) is 1.37. The standard InChI is InChI=1S/C17H18FN3/c1-21(2)12-14-8-6-13(7-9-14)11-20-17-5-3-4-16(18)15(17)10-19/h3-9,20H,11-12H2,1-2H3/p+1. The SMILES string of the molecule is C[NH+](C)Cc1ccc(CNc2cccc(F)c2C#N)cc1. The summed E-state index contributed by atoms with van der Waals surface area (Å²) in [6.07, 6.45) is 0. The average molecular weight is 284 g/mol. The first-order valence-electron chi connectivity index (χ1n) is 6.89. The number of nitriles is 1. The van der Waals surface area contributed by atoms with Crippen LogP contribution < -0.4 is 10.2 Å². The molecular formula is C17H19FN3+. The van der Waals surface area contributed by atoms with Crippen molar-refractivity contribution in [3.05, 3.63) is 65.0 Å². The van der Waals surface area contributed by atoms with Crippen molar-refractivity contribution in [2.75, 3.05) is 19.4 Å². The molecule has 0 amide bonds. The van der Waals surface area contributed by atoms with Crippen molar-refractivity contribution in [2.45, 2.75) is 13.1 Å². The molecule has 108 valence electrons. The van der Waals surface area contributed by atoms with Gasteiger partial charge in [0.2, 0.25) is 0 Å². The third-order valence-electron chi connectivity index (χ3n) is 3.19. The fraction of sp³-hybridized carbons (Fsp3) is 0.235. The third-order valence-corrected chi connectivity index (χ3v) is 3.19. The summed E-state index contributed by atoms with van der Waals surface area (Å²) < 4.78 is 13.5. The van der Waals surface area contributed by atoms with Crippen molar-refractivity contribution in [1.82, 2.24) is 0 Å². The maximum absolute atomic E-state index is 13.5. The monoisotopic (exact) mass is 284 g/mol. The highest BCUT2D eigenvalue weighted by Gasteiger charge is 2.07. The van der Waals surface area contributed by atoms with Crippen molar-refractivity contribution in [3.63, 3.8) is 0 Å². The van der Waals surface area contributed by atoms with Gasteiger partial charge in [0.25, 0.3) is 0 Å². The van der Waals surface area contributed by atoms with Gasteiger partial charge in [-0.3, -0.25) is 0 Å². The second-order valence-electron chi connectivity index (χ2n) is 5.33. The molecular weight excluding hydrogens is 265 g/mol. The van der Waals surface area contributed by atoms with Gasteiger partial charge in [0.1, 0.15) is 24.0 Å². The van der Waals surface area contributed by atoms with Crippen LogP contribution in [-0.4, -0.2) is 14.1 Å². The molecule has 0 heterocycles. The molecule has 2 rings (SSSR count). The van der Waals surface area contributed by atoms with E-state index in [-0.39, 0.29) is 5.56 Å². The molecule has 0 aliphatic carbocycles. The highest BCUT2D eigenvalue weighted by molar-refractivity contribution is 5.58. The quantitative estimate of drug-likeness (QED) is 0.881. The number of rotatable bonds is 5. The van der Waals surface area contributed by atoms with Crippen molar-refractivity contribution in [3.8, 4) is 6.07 Å². The van der Waals surface area contributed by atoms with Gasteiger partial charge in [-0.15, -0.1) is 0 Å². The van der Waals surface area contributed by atoms with Crippen LogP contribution in [0.2, 0.25) is 0 Å². The van der Waals surface area contributed by atoms with E-state index < -0.39 is 5.82 Å². The predicted molar refractivity (Wildman–Crippen MR) is 81.4 cm³/mol. The normalized spacial score (nSPS) is 10.4. The fourth-order valence-corrected chi connectivity index (χ4v) is 2.17. The Balaban J connectivity index is 2.04. The predicted octanol–water partition coefficient (Wildman–Crippen LogP) is 1.95.